The van der Waals surface area contributed by atoms with Crippen LogP contribution in [0, 0.1) is 11.3 Å². The summed E-state index contributed by atoms with van der Waals surface area (Å²) in [5.41, 5.74) is 1.23. The van der Waals surface area contributed by atoms with E-state index in [0.29, 0.717) is 10.8 Å². The minimum atomic E-state index is -0.260. The molecule has 2 atom stereocenters. The van der Waals surface area contributed by atoms with Crippen molar-refractivity contribution >= 4 is 34.5 Å². The van der Waals surface area contributed by atoms with Crippen LogP contribution in [-0.4, -0.2) is 24.9 Å². The molecule has 5 nitrogen and oxygen atoms in total. The van der Waals surface area contributed by atoms with E-state index >= 15 is 0 Å². The first-order valence-electron chi connectivity index (χ1n) is 9.14. The van der Waals surface area contributed by atoms with E-state index in [1.807, 2.05) is 35.7 Å². The lowest BCUT2D eigenvalue weighted by Gasteiger charge is -2.37. The SMILES string of the molecule is O=C(Nc1ccc(NC(=O)[C@@]23CCCC[C@H]2CNC3)cc1)c1cccs1. The van der Waals surface area contributed by atoms with E-state index in [0.717, 1.165) is 43.7 Å². The minimum Gasteiger partial charge on any atom is -0.326 e. The number of nitrogens with one attached hydrogen (secondary N) is 3. The second kappa shape index (κ2) is 7.21. The topological polar surface area (TPSA) is 70.2 Å². The minimum absolute atomic E-state index is 0.113. The number of carbonyl (C=O) groups excluding carboxylic acids is 2. The molecule has 0 spiro atoms. The number of thiophene rings is 1. The zero-order valence-corrected chi connectivity index (χ0v) is 15.4. The zero-order chi connectivity index (χ0) is 18.0. The van der Waals surface area contributed by atoms with Gasteiger partial charge in [-0.15, -0.1) is 11.3 Å². The molecule has 0 unspecified atom stereocenters. The summed E-state index contributed by atoms with van der Waals surface area (Å²) in [6.07, 6.45) is 4.44. The summed E-state index contributed by atoms with van der Waals surface area (Å²) in [6.45, 7) is 1.72. The first kappa shape index (κ1) is 17.2. The highest BCUT2D eigenvalue weighted by atomic mass is 32.1. The fourth-order valence-electron chi connectivity index (χ4n) is 4.18. The predicted octanol–water partition coefficient (Wildman–Crippen LogP) is 3.72. The number of amides is 2. The monoisotopic (exact) mass is 369 g/mol. The van der Waals surface area contributed by atoms with Gasteiger partial charge in [-0.2, -0.15) is 0 Å². The number of rotatable bonds is 4. The summed E-state index contributed by atoms with van der Waals surface area (Å²) in [5, 5.41) is 11.3. The molecule has 1 aliphatic carbocycles. The number of hydrogen-bond donors (Lipinski definition) is 3. The van der Waals surface area contributed by atoms with Crippen molar-refractivity contribution in [3.63, 3.8) is 0 Å². The average Bonchev–Trinajstić information content (AvgIpc) is 3.33. The smallest absolute Gasteiger partial charge is 0.265 e. The number of fused-ring (bicyclic) bond motifs is 1. The molecule has 2 aliphatic rings. The van der Waals surface area contributed by atoms with Crippen LogP contribution in [0.25, 0.3) is 0 Å². The summed E-state index contributed by atoms with van der Waals surface area (Å²) in [4.78, 5) is 25.7. The van der Waals surface area contributed by atoms with Gasteiger partial charge in [-0.05, 0) is 61.0 Å². The molecule has 4 rings (SSSR count). The van der Waals surface area contributed by atoms with Gasteiger partial charge < -0.3 is 16.0 Å². The van der Waals surface area contributed by atoms with Gasteiger partial charge in [0, 0.05) is 17.9 Å². The maximum atomic E-state index is 13.0. The Hall–Kier alpha value is -2.18. The van der Waals surface area contributed by atoms with Gasteiger partial charge in [0.1, 0.15) is 0 Å². The van der Waals surface area contributed by atoms with Crippen molar-refractivity contribution in [3.8, 4) is 0 Å². The zero-order valence-electron chi connectivity index (χ0n) is 14.6. The lowest BCUT2D eigenvalue weighted by Crippen LogP contribution is -2.44. The molecule has 0 bridgehead atoms. The van der Waals surface area contributed by atoms with Crippen molar-refractivity contribution in [3.05, 3.63) is 46.7 Å². The molecule has 2 aromatic rings. The quantitative estimate of drug-likeness (QED) is 0.769. The summed E-state index contributed by atoms with van der Waals surface area (Å²) < 4.78 is 0. The van der Waals surface area contributed by atoms with Crippen LogP contribution in [0.5, 0.6) is 0 Å². The van der Waals surface area contributed by atoms with Gasteiger partial charge >= 0.3 is 0 Å². The normalized spacial score (nSPS) is 24.7. The molecule has 26 heavy (non-hydrogen) atoms. The Balaban J connectivity index is 1.41. The average molecular weight is 369 g/mol. The first-order valence-corrected chi connectivity index (χ1v) is 10.0. The van der Waals surface area contributed by atoms with E-state index in [1.54, 1.807) is 6.07 Å². The Morgan fingerprint density at radius 2 is 1.85 bits per heavy atom. The van der Waals surface area contributed by atoms with Crippen molar-refractivity contribution < 1.29 is 9.59 Å². The predicted molar refractivity (Wildman–Crippen MR) is 105 cm³/mol. The molecule has 136 valence electrons. The fraction of sp³-hybridized carbons (Fsp3) is 0.400. The van der Waals surface area contributed by atoms with E-state index in [9.17, 15) is 9.59 Å². The Morgan fingerprint density at radius 1 is 1.08 bits per heavy atom. The van der Waals surface area contributed by atoms with Crippen molar-refractivity contribution in [1.29, 1.82) is 0 Å². The Labute approximate surface area is 157 Å². The molecular formula is C20H23N3O2S. The maximum Gasteiger partial charge on any atom is 0.265 e. The molecule has 6 heteroatoms. The van der Waals surface area contributed by atoms with Crippen molar-refractivity contribution in [2.75, 3.05) is 23.7 Å². The fourth-order valence-corrected chi connectivity index (χ4v) is 4.80. The Bertz CT molecular complexity index is 788. The van der Waals surface area contributed by atoms with Crippen molar-refractivity contribution in [1.82, 2.24) is 5.32 Å². The molecule has 0 radical (unpaired) electrons. The van der Waals surface area contributed by atoms with Crippen LogP contribution in [0.15, 0.2) is 41.8 Å². The van der Waals surface area contributed by atoms with Crippen LogP contribution in [0.1, 0.15) is 35.4 Å². The number of hydrogen-bond acceptors (Lipinski definition) is 4. The molecule has 2 heterocycles. The largest absolute Gasteiger partial charge is 0.326 e. The summed E-state index contributed by atoms with van der Waals surface area (Å²) >= 11 is 1.41. The van der Waals surface area contributed by atoms with E-state index in [-0.39, 0.29) is 17.2 Å². The second-order valence-corrected chi connectivity index (χ2v) is 8.14. The third-order valence-corrected chi connectivity index (χ3v) is 6.50. The summed E-state index contributed by atoms with van der Waals surface area (Å²) in [5.74, 6) is 0.459. The Kier molecular flexibility index (Phi) is 4.78. The second-order valence-electron chi connectivity index (χ2n) is 7.19. The van der Waals surface area contributed by atoms with Crippen molar-refractivity contribution in [2.45, 2.75) is 25.7 Å². The molecule has 1 aliphatic heterocycles. The van der Waals surface area contributed by atoms with Crippen LogP contribution in [0.4, 0.5) is 11.4 Å². The Morgan fingerprint density at radius 3 is 2.58 bits per heavy atom. The van der Waals surface area contributed by atoms with Crippen LogP contribution in [0.3, 0.4) is 0 Å². The van der Waals surface area contributed by atoms with Crippen molar-refractivity contribution in [2.24, 2.45) is 11.3 Å². The van der Waals surface area contributed by atoms with E-state index in [1.165, 1.54) is 17.8 Å². The standard InChI is InChI=1S/C20H23N3O2S/c24-18(17-5-3-11-26-17)22-15-6-8-16(9-7-15)23-19(25)20-10-2-1-4-14(20)12-21-13-20/h3,5-9,11,14,21H,1-2,4,10,12-13H2,(H,22,24)(H,23,25)/t14-,20+/m0/s1. The van der Waals surface area contributed by atoms with Gasteiger partial charge in [0.2, 0.25) is 5.91 Å². The number of benzene rings is 1. The highest BCUT2D eigenvalue weighted by Crippen LogP contribution is 2.44. The van der Waals surface area contributed by atoms with E-state index in [4.69, 9.17) is 0 Å². The molecule has 1 saturated heterocycles. The maximum absolute atomic E-state index is 13.0. The first-order chi connectivity index (χ1) is 12.7. The summed E-state index contributed by atoms with van der Waals surface area (Å²) in [7, 11) is 0. The van der Waals surface area contributed by atoms with Crippen LogP contribution in [-0.2, 0) is 4.79 Å². The molecule has 1 aromatic carbocycles. The lowest BCUT2D eigenvalue weighted by molar-refractivity contribution is -0.128. The van der Waals surface area contributed by atoms with E-state index < -0.39 is 0 Å². The summed E-state index contributed by atoms with van der Waals surface area (Å²) in [6, 6.07) is 11.0. The molecule has 2 amide bonds. The third kappa shape index (κ3) is 3.27. The van der Waals surface area contributed by atoms with Gasteiger partial charge in [0.05, 0.1) is 10.3 Å². The third-order valence-electron chi connectivity index (χ3n) is 5.64. The molecular weight excluding hydrogens is 346 g/mol. The van der Waals surface area contributed by atoms with Gasteiger partial charge in [0.15, 0.2) is 0 Å². The van der Waals surface area contributed by atoms with Crippen LogP contribution in [0.2, 0.25) is 0 Å². The van der Waals surface area contributed by atoms with Crippen LogP contribution < -0.4 is 16.0 Å². The molecule has 3 N–H and O–H groups in total. The highest BCUT2D eigenvalue weighted by molar-refractivity contribution is 7.12. The highest BCUT2D eigenvalue weighted by Gasteiger charge is 2.49. The van der Waals surface area contributed by atoms with Gasteiger partial charge in [-0.3, -0.25) is 9.59 Å². The molecule has 1 saturated carbocycles. The van der Waals surface area contributed by atoms with Crippen LogP contribution >= 0.6 is 11.3 Å². The van der Waals surface area contributed by atoms with E-state index in [2.05, 4.69) is 16.0 Å². The van der Waals surface area contributed by atoms with Gasteiger partial charge in [0.25, 0.3) is 5.91 Å². The number of anilines is 2. The number of carbonyl (C=O) groups is 2. The van der Waals surface area contributed by atoms with Gasteiger partial charge in [-0.1, -0.05) is 18.9 Å². The molecule has 1 aromatic heterocycles. The lowest BCUT2D eigenvalue weighted by atomic mass is 9.67. The molecule has 2 fully saturated rings. The van der Waals surface area contributed by atoms with Gasteiger partial charge in [-0.25, -0.2) is 0 Å².